The van der Waals surface area contributed by atoms with E-state index in [4.69, 9.17) is 16.3 Å². The SMILES string of the molecule is Clc1ccc2c(c1)OC[C@@H]1CNCC[C@@H]21. The Balaban J connectivity index is 1.99. The predicted octanol–water partition coefficient (Wildman–Crippen LogP) is 2.43. The van der Waals surface area contributed by atoms with E-state index in [-0.39, 0.29) is 0 Å². The van der Waals surface area contributed by atoms with Crippen LogP contribution in [0, 0.1) is 5.92 Å². The molecule has 0 radical (unpaired) electrons. The molecule has 2 nitrogen and oxygen atoms in total. The molecule has 3 heteroatoms. The number of rotatable bonds is 0. The second-order valence-corrected chi connectivity index (χ2v) is 4.79. The van der Waals surface area contributed by atoms with Crippen molar-refractivity contribution in [1.82, 2.24) is 5.32 Å². The molecule has 3 rings (SSSR count). The predicted molar refractivity (Wildman–Crippen MR) is 60.7 cm³/mol. The average molecular weight is 224 g/mol. The fourth-order valence-corrected chi connectivity index (χ4v) is 2.81. The van der Waals surface area contributed by atoms with Crippen LogP contribution < -0.4 is 10.1 Å². The van der Waals surface area contributed by atoms with Gasteiger partial charge < -0.3 is 10.1 Å². The van der Waals surface area contributed by atoms with Gasteiger partial charge in [0.15, 0.2) is 0 Å². The number of hydrogen-bond donors (Lipinski definition) is 1. The van der Waals surface area contributed by atoms with Crippen molar-refractivity contribution in [2.45, 2.75) is 12.3 Å². The van der Waals surface area contributed by atoms with Gasteiger partial charge in [0.05, 0.1) is 6.61 Å². The number of fused-ring (bicyclic) bond motifs is 3. The van der Waals surface area contributed by atoms with Crippen LogP contribution >= 0.6 is 11.6 Å². The zero-order valence-electron chi connectivity index (χ0n) is 8.50. The van der Waals surface area contributed by atoms with Crippen LogP contribution in [0.15, 0.2) is 18.2 Å². The molecule has 2 aliphatic heterocycles. The first kappa shape index (κ1) is 9.49. The highest BCUT2D eigenvalue weighted by atomic mass is 35.5. The summed E-state index contributed by atoms with van der Waals surface area (Å²) in [5, 5.41) is 4.19. The first-order valence-corrected chi connectivity index (χ1v) is 5.85. The largest absolute Gasteiger partial charge is 0.493 e. The molecule has 2 aliphatic rings. The van der Waals surface area contributed by atoms with E-state index in [0.29, 0.717) is 11.8 Å². The van der Waals surface area contributed by atoms with Crippen LogP contribution in [0.5, 0.6) is 5.75 Å². The summed E-state index contributed by atoms with van der Waals surface area (Å²) in [6.45, 7) is 3.01. The maximum atomic E-state index is 5.96. The van der Waals surface area contributed by atoms with Crippen molar-refractivity contribution < 1.29 is 4.74 Å². The van der Waals surface area contributed by atoms with Crippen molar-refractivity contribution in [1.29, 1.82) is 0 Å². The maximum Gasteiger partial charge on any atom is 0.124 e. The zero-order valence-corrected chi connectivity index (χ0v) is 9.26. The van der Waals surface area contributed by atoms with Gasteiger partial charge in [-0.2, -0.15) is 0 Å². The fourth-order valence-electron chi connectivity index (χ4n) is 2.64. The van der Waals surface area contributed by atoms with Gasteiger partial charge >= 0.3 is 0 Å². The van der Waals surface area contributed by atoms with Crippen LogP contribution in [-0.2, 0) is 0 Å². The third-order valence-electron chi connectivity index (χ3n) is 3.44. The summed E-state index contributed by atoms with van der Waals surface area (Å²) >= 11 is 5.96. The Bertz CT molecular complexity index is 380. The van der Waals surface area contributed by atoms with E-state index in [0.717, 1.165) is 30.5 Å². The lowest BCUT2D eigenvalue weighted by Crippen LogP contribution is -2.40. The minimum atomic E-state index is 0.632. The van der Waals surface area contributed by atoms with Gasteiger partial charge in [-0.25, -0.2) is 0 Å². The van der Waals surface area contributed by atoms with E-state index in [1.54, 1.807) is 0 Å². The Morgan fingerprint density at radius 2 is 2.33 bits per heavy atom. The lowest BCUT2D eigenvalue weighted by molar-refractivity contribution is 0.167. The molecule has 1 saturated heterocycles. The van der Waals surface area contributed by atoms with Gasteiger partial charge in [0.25, 0.3) is 0 Å². The topological polar surface area (TPSA) is 21.3 Å². The summed E-state index contributed by atoms with van der Waals surface area (Å²) in [6.07, 6.45) is 1.21. The van der Waals surface area contributed by atoms with Gasteiger partial charge in [0.2, 0.25) is 0 Å². The normalized spacial score (nSPS) is 28.9. The third-order valence-corrected chi connectivity index (χ3v) is 3.67. The number of piperidine rings is 1. The van der Waals surface area contributed by atoms with Crippen LogP contribution in [0.1, 0.15) is 17.9 Å². The summed E-state index contributed by atoms with van der Waals surface area (Å²) in [7, 11) is 0. The number of benzene rings is 1. The smallest absolute Gasteiger partial charge is 0.124 e. The van der Waals surface area contributed by atoms with Crippen molar-refractivity contribution in [2.75, 3.05) is 19.7 Å². The van der Waals surface area contributed by atoms with Crippen LogP contribution in [0.4, 0.5) is 0 Å². The molecule has 1 aromatic rings. The number of halogens is 1. The molecule has 2 heterocycles. The summed E-state index contributed by atoms with van der Waals surface area (Å²) in [5.41, 5.74) is 1.34. The molecule has 0 amide bonds. The Morgan fingerprint density at radius 1 is 1.40 bits per heavy atom. The minimum absolute atomic E-state index is 0.632. The van der Waals surface area contributed by atoms with Crippen molar-refractivity contribution in [3.05, 3.63) is 28.8 Å². The van der Waals surface area contributed by atoms with Crippen molar-refractivity contribution in [3.8, 4) is 5.75 Å². The molecule has 0 aromatic heterocycles. The lowest BCUT2D eigenvalue weighted by Gasteiger charge is -2.37. The van der Waals surface area contributed by atoms with Gasteiger partial charge in [-0.05, 0) is 36.6 Å². The highest BCUT2D eigenvalue weighted by Gasteiger charge is 2.32. The lowest BCUT2D eigenvalue weighted by atomic mass is 9.80. The van der Waals surface area contributed by atoms with E-state index in [1.807, 2.05) is 12.1 Å². The Hall–Kier alpha value is -0.730. The van der Waals surface area contributed by atoms with E-state index >= 15 is 0 Å². The summed E-state index contributed by atoms with van der Waals surface area (Å²) < 4.78 is 5.75. The van der Waals surface area contributed by atoms with Gasteiger partial charge in [-0.1, -0.05) is 17.7 Å². The van der Waals surface area contributed by atoms with E-state index in [9.17, 15) is 0 Å². The Morgan fingerprint density at radius 3 is 3.27 bits per heavy atom. The number of hydrogen-bond acceptors (Lipinski definition) is 2. The van der Waals surface area contributed by atoms with Crippen LogP contribution in [0.25, 0.3) is 0 Å². The molecular weight excluding hydrogens is 210 g/mol. The van der Waals surface area contributed by atoms with E-state index < -0.39 is 0 Å². The van der Waals surface area contributed by atoms with E-state index in [1.165, 1.54) is 12.0 Å². The standard InChI is InChI=1S/C12H14ClNO/c13-9-1-2-11-10-3-4-14-6-8(10)7-15-12(11)5-9/h1-2,5,8,10,14H,3-4,6-7H2/t8-,10+/m0/s1. The third kappa shape index (κ3) is 1.62. The quantitative estimate of drug-likeness (QED) is 0.730. The molecular formula is C12H14ClNO. The molecule has 2 atom stereocenters. The first-order valence-electron chi connectivity index (χ1n) is 5.47. The number of ether oxygens (including phenoxy) is 1. The molecule has 1 N–H and O–H groups in total. The second-order valence-electron chi connectivity index (χ2n) is 4.35. The van der Waals surface area contributed by atoms with Crippen LogP contribution in [0.3, 0.4) is 0 Å². The van der Waals surface area contributed by atoms with E-state index in [2.05, 4.69) is 11.4 Å². The number of nitrogens with one attached hydrogen (secondary N) is 1. The average Bonchev–Trinajstić information content (AvgIpc) is 2.28. The zero-order chi connectivity index (χ0) is 10.3. The van der Waals surface area contributed by atoms with Crippen molar-refractivity contribution >= 4 is 11.6 Å². The van der Waals surface area contributed by atoms with Crippen molar-refractivity contribution in [2.24, 2.45) is 5.92 Å². The highest BCUT2D eigenvalue weighted by Crippen LogP contribution is 2.41. The molecule has 1 aromatic carbocycles. The molecule has 1 fully saturated rings. The monoisotopic (exact) mass is 223 g/mol. The summed E-state index contributed by atoms with van der Waals surface area (Å²) in [5.74, 6) is 2.28. The Kier molecular flexibility index (Phi) is 2.33. The molecule has 0 saturated carbocycles. The summed E-state index contributed by atoms with van der Waals surface area (Å²) in [6, 6.07) is 6.03. The molecule has 15 heavy (non-hydrogen) atoms. The first-order chi connectivity index (χ1) is 7.34. The fraction of sp³-hybridized carbons (Fsp3) is 0.500. The molecule has 0 unspecified atom stereocenters. The van der Waals surface area contributed by atoms with Gasteiger partial charge in [0.1, 0.15) is 5.75 Å². The second kappa shape index (κ2) is 3.69. The van der Waals surface area contributed by atoms with Gasteiger partial charge in [-0.15, -0.1) is 0 Å². The van der Waals surface area contributed by atoms with Gasteiger partial charge in [0, 0.05) is 17.5 Å². The summed E-state index contributed by atoms with van der Waals surface area (Å²) in [4.78, 5) is 0. The minimum Gasteiger partial charge on any atom is -0.493 e. The van der Waals surface area contributed by atoms with Gasteiger partial charge in [-0.3, -0.25) is 0 Å². The molecule has 0 spiro atoms. The molecule has 0 bridgehead atoms. The van der Waals surface area contributed by atoms with Crippen molar-refractivity contribution in [3.63, 3.8) is 0 Å². The molecule has 80 valence electrons. The Labute approximate surface area is 94.6 Å². The van der Waals surface area contributed by atoms with Crippen LogP contribution in [0.2, 0.25) is 5.02 Å². The molecule has 0 aliphatic carbocycles. The van der Waals surface area contributed by atoms with Crippen LogP contribution in [-0.4, -0.2) is 19.7 Å². The highest BCUT2D eigenvalue weighted by molar-refractivity contribution is 6.30. The maximum absolute atomic E-state index is 5.96.